The highest BCUT2D eigenvalue weighted by atomic mass is 35.5. The zero-order valence-corrected chi connectivity index (χ0v) is 17.9. The summed E-state index contributed by atoms with van der Waals surface area (Å²) < 4.78 is 5.16. The number of halogens is 2. The molecule has 3 N–H and O–H groups in total. The van der Waals surface area contributed by atoms with Gasteiger partial charge < -0.3 is 15.3 Å². The highest BCUT2D eigenvalue weighted by Gasteiger charge is 2.26. The Bertz CT molecular complexity index is 644. The lowest BCUT2D eigenvalue weighted by Crippen LogP contribution is -2.48. The maximum absolute atomic E-state index is 10.5. The first-order valence-corrected chi connectivity index (χ1v) is 9.10. The molecule has 0 spiro atoms. The van der Waals surface area contributed by atoms with Gasteiger partial charge in [0, 0.05) is 32.7 Å². The number of carboxylic acid groups (broad SMARTS) is 1. The Morgan fingerprint density at radius 2 is 1.38 bits per heavy atom. The standard InChI is InChI=1S/C21H26N2O3.2ClH.H2O/c24-20(25)17-26-16-15-22-11-13-23(14-12-22)21(18-7-3-1-4-8-18)19-9-5-2-6-10-19;;;/h1-10,21H,11-17H2,(H,24,25);2*1H;1H2. The summed E-state index contributed by atoms with van der Waals surface area (Å²) in [6, 6.07) is 21.6. The van der Waals surface area contributed by atoms with Gasteiger partial charge in [-0.2, -0.15) is 0 Å². The third-order valence-corrected chi connectivity index (χ3v) is 4.78. The molecule has 0 aromatic heterocycles. The normalized spacial score (nSPS) is 14.4. The Balaban J connectivity index is 0.00000261. The first kappa shape index (κ1) is 27.3. The molecule has 0 bridgehead atoms. The van der Waals surface area contributed by atoms with E-state index in [0.717, 1.165) is 32.7 Å². The number of carboxylic acids is 1. The minimum absolute atomic E-state index is 0. The number of aliphatic carboxylic acids is 1. The van der Waals surface area contributed by atoms with Crippen molar-refractivity contribution in [3.8, 4) is 0 Å². The van der Waals surface area contributed by atoms with Crippen molar-refractivity contribution >= 4 is 30.8 Å². The highest BCUT2D eigenvalue weighted by Crippen LogP contribution is 2.29. The average molecular weight is 445 g/mol. The fourth-order valence-corrected chi connectivity index (χ4v) is 3.48. The molecular formula is C21H30Cl2N2O4. The molecule has 162 valence electrons. The van der Waals surface area contributed by atoms with Gasteiger partial charge in [-0.15, -0.1) is 24.8 Å². The quantitative estimate of drug-likeness (QED) is 0.632. The number of rotatable bonds is 8. The van der Waals surface area contributed by atoms with Gasteiger partial charge in [0.2, 0.25) is 0 Å². The largest absolute Gasteiger partial charge is 0.480 e. The SMILES string of the molecule is Cl.Cl.O.O=C(O)COCCN1CCN(C(c2ccccc2)c2ccccc2)CC1. The van der Waals surface area contributed by atoms with E-state index in [4.69, 9.17) is 9.84 Å². The van der Waals surface area contributed by atoms with Crippen molar-refractivity contribution in [3.63, 3.8) is 0 Å². The van der Waals surface area contributed by atoms with Crippen molar-refractivity contribution in [3.05, 3.63) is 71.8 Å². The van der Waals surface area contributed by atoms with Gasteiger partial charge in [-0.05, 0) is 11.1 Å². The second kappa shape index (κ2) is 14.3. The van der Waals surface area contributed by atoms with Crippen molar-refractivity contribution in [2.24, 2.45) is 0 Å². The van der Waals surface area contributed by atoms with Gasteiger partial charge in [-0.1, -0.05) is 60.7 Å². The fourth-order valence-electron chi connectivity index (χ4n) is 3.48. The number of hydrogen-bond donors (Lipinski definition) is 1. The number of hydrogen-bond acceptors (Lipinski definition) is 4. The van der Waals surface area contributed by atoms with E-state index in [9.17, 15) is 4.79 Å². The average Bonchev–Trinajstić information content (AvgIpc) is 2.68. The van der Waals surface area contributed by atoms with Gasteiger partial charge in [-0.3, -0.25) is 9.80 Å². The third kappa shape index (κ3) is 8.30. The van der Waals surface area contributed by atoms with E-state index in [2.05, 4.69) is 70.5 Å². The van der Waals surface area contributed by atoms with Gasteiger partial charge in [-0.25, -0.2) is 4.79 Å². The van der Waals surface area contributed by atoms with Crippen LogP contribution < -0.4 is 0 Å². The smallest absolute Gasteiger partial charge is 0.329 e. The predicted molar refractivity (Wildman–Crippen MR) is 119 cm³/mol. The lowest BCUT2D eigenvalue weighted by atomic mass is 9.96. The van der Waals surface area contributed by atoms with Crippen molar-refractivity contribution in [1.82, 2.24) is 9.80 Å². The zero-order valence-electron chi connectivity index (χ0n) is 16.3. The molecule has 29 heavy (non-hydrogen) atoms. The van der Waals surface area contributed by atoms with Crippen LogP contribution in [0.5, 0.6) is 0 Å². The highest BCUT2D eigenvalue weighted by molar-refractivity contribution is 5.85. The molecule has 1 aliphatic rings. The molecule has 0 aliphatic carbocycles. The minimum atomic E-state index is -0.914. The first-order valence-electron chi connectivity index (χ1n) is 9.10. The van der Waals surface area contributed by atoms with Crippen LogP contribution in [0.3, 0.4) is 0 Å². The molecule has 1 fully saturated rings. The number of benzene rings is 2. The van der Waals surface area contributed by atoms with Crippen molar-refractivity contribution in [2.45, 2.75) is 6.04 Å². The number of nitrogens with zero attached hydrogens (tertiary/aromatic N) is 2. The second-order valence-corrected chi connectivity index (χ2v) is 6.55. The molecule has 0 unspecified atom stereocenters. The number of carbonyl (C=O) groups is 1. The molecule has 0 saturated carbocycles. The van der Waals surface area contributed by atoms with Crippen LogP contribution in [0, 0.1) is 0 Å². The Hall–Kier alpha value is -1.67. The molecule has 2 aromatic rings. The number of piperazine rings is 1. The molecule has 0 atom stereocenters. The van der Waals surface area contributed by atoms with Gasteiger partial charge in [0.05, 0.1) is 12.6 Å². The van der Waals surface area contributed by atoms with Crippen molar-refractivity contribution < 1.29 is 20.1 Å². The van der Waals surface area contributed by atoms with E-state index in [-0.39, 0.29) is 42.9 Å². The maximum atomic E-state index is 10.5. The summed E-state index contributed by atoms with van der Waals surface area (Å²) in [7, 11) is 0. The lowest BCUT2D eigenvalue weighted by molar-refractivity contribution is -0.142. The summed E-state index contributed by atoms with van der Waals surface area (Å²) in [4.78, 5) is 15.4. The van der Waals surface area contributed by atoms with Crippen molar-refractivity contribution in [1.29, 1.82) is 0 Å². The van der Waals surface area contributed by atoms with Gasteiger partial charge >= 0.3 is 5.97 Å². The van der Waals surface area contributed by atoms with Gasteiger partial charge in [0.25, 0.3) is 0 Å². The summed E-state index contributed by atoms with van der Waals surface area (Å²) in [5, 5.41) is 8.62. The van der Waals surface area contributed by atoms with E-state index in [1.807, 2.05) is 0 Å². The van der Waals surface area contributed by atoms with Gasteiger partial charge in [0.1, 0.15) is 6.61 Å². The minimum Gasteiger partial charge on any atom is -0.480 e. The second-order valence-electron chi connectivity index (χ2n) is 6.55. The summed E-state index contributed by atoms with van der Waals surface area (Å²) in [5.41, 5.74) is 2.63. The van der Waals surface area contributed by atoms with Crippen LogP contribution in [0.1, 0.15) is 17.2 Å². The molecule has 1 heterocycles. The first-order chi connectivity index (χ1) is 12.7. The van der Waals surface area contributed by atoms with Crippen LogP contribution in [0.25, 0.3) is 0 Å². The molecule has 1 saturated heterocycles. The zero-order chi connectivity index (χ0) is 18.2. The molecule has 8 heteroatoms. The van der Waals surface area contributed by atoms with Gasteiger partial charge in [0.15, 0.2) is 0 Å². The summed E-state index contributed by atoms with van der Waals surface area (Å²) in [6.45, 7) is 4.92. The van der Waals surface area contributed by atoms with E-state index in [1.54, 1.807) is 0 Å². The summed E-state index contributed by atoms with van der Waals surface area (Å²) >= 11 is 0. The van der Waals surface area contributed by atoms with E-state index in [0.29, 0.717) is 6.61 Å². The van der Waals surface area contributed by atoms with E-state index >= 15 is 0 Å². The molecule has 0 radical (unpaired) electrons. The van der Waals surface area contributed by atoms with Crippen LogP contribution in [-0.2, 0) is 9.53 Å². The van der Waals surface area contributed by atoms with Crippen LogP contribution in [-0.4, -0.2) is 72.3 Å². The van der Waals surface area contributed by atoms with Crippen molar-refractivity contribution in [2.75, 3.05) is 45.9 Å². The Labute approximate surface area is 184 Å². The molecule has 2 aromatic carbocycles. The van der Waals surface area contributed by atoms with E-state index in [1.165, 1.54) is 11.1 Å². The molecule has 1 aliphatic heterocycles. The molecule has 6 nitrogen and oxygen atoms in total. The summed E-state index contributed by atoms with van der Waals surface area (Å²) in [6.07, 6.45) is 0. The monoisotopic (exact) mass is 444 g/mol. The van der Waals surface area contributed by atoms with Crippen LogP contribution in [0.15, 0.2) is 60.7 Å². The number of ether oxygens (including phenoxy) is 1. The third-order valence-electron chi connectivity index (χ3n) is 4.78. The fraction of sp³-hybridized carbons (Fsp3) is 0.381. The van der Waals surface area contributed by atoms with Crippen LogP contribution >= 0.6 is 24.8 Å². The Kier molecular flexibility index (Phi) is 13.5. The van der Waals surface area contributed by atoms with Crippen LogP contribution in [0.4, 0.5) is 0 Å². The van der Waals surface area contributed by atoms with Crippen LogP contribution in [0.2, 0.25) is 0 Å². The Morgan fingerprint density at radius 1 is 0.897 bits per heavy atom. The molecular weight excluding hydrogens is 415 g/mol. The Morgan fingerprint density at radius 3 is 1.83 bits per heavy atom. The lowest BCUT2D eigenvalue weighted by Gasteiger charge is -2.39. The topological polar surface area (TPSA) is 84.5 Å². The molecule has 3 rings (SSSR count). The van der Waals surface area contributed by atoms with E-state index < -0.39 is 5.97 Å². The maximum Gasteiger partial charge on any atom is 0.329 e. The summed E-state index contributed by atoms with van der Waals surface area (Å²) in [5.74, 6) is -0.914. The molecule has 0 amide bonds. The predicted octanol–water partition coefficient (Wildman–Crippen LogP) is 2.51.